The van der Waals surface area contributed by atoms with Crippen molar-refractivity contribution in [3.63, 3.8) is 0 Å². The number of nitrogens with one attached hydrogen (secondary N) is 3. The molecule has 1 aliphatic rings. The number of nitrogens with zero attached hydrogens (tertiary/aromatic N) is 1. The summed E-state index contributed by atoms with van der Waals surface area (Å²) in [4.78, 5) is 32.1. The van der Waals surface area contributed by atoms with E-state index in [1.807, 2.05) is 48.7 Å². The Bertz CT molecular complexity index is 1040. The monoisotopic (exact) mass is 434 g/mol. The second-order valence-corrected chi connectivity index (χ2v) is 8.62. The number of amides is 2. The van der Waals surface area contributed by atoms with Crippen LogP contribution in [0.4, 0.5) is 10.5 Å². The second-order valence-electron chi connectivity index (χ2n) is 8.62. The van der Waals surface area contributed by atoms with Gasteiger partial charge in [-0.1, -0.05) is 37.3 Å². The van der Waals surface area contributed by atoms with E-state index < -0.39 is 0 Å². The van der Waals surface area contributed by atoms with Gasteiger partial charge in [-0.05, 0) is 55.2 Å². The summed E-state index contributed by atoms with van der Waals surface area (Å²) in [5.74, 6) is 0.922. The number of alkyl carbamates (subject to hydrolysis) is 1. The zero-order chi connectivity index (χ0) is 22.3. The van der Waals surface area contributed by atoms with E-state index in [-0.39, 0.29) is 24.5 Å². The third kappa shape index (κ3) is 5.46. The standard InChI is InChI=1S/C25H30N4O3/c1-17(15-28-25(31)32-16-18-5-3-2-4-6-18)19-7-9-20(10-8-19)24(30)29-22-12-14-27-23-21(22)11-13-26-23/h2-6,11-14,17,19-20H,7-10,15-16H2,1H3,(H,28,31)(H2,26,27,29,30). The Balaban J connectivity index is 1.19. The Labute approximate surface area is 188 Å². The van der Waals surface area contributed by atoms with Gasteiger partial charge in [0.2, 0.25) is 5.91 Å². The van der Waals surface area contributed by atoms with Gasteiger partial charge in [0.05, 0.1) is 5.69 Å². The third-order valence-corrected chi connectivity index (χ3v) is 6.45. The first-order chi connectivity index (χ1) is 15.6. The van der Waals surface area contributed by atoms with E-state index in [0.717, 1.165) is 48.0 Å². The van der Waals surface area contributed by atoms with Gasteiger partial charge in [-0.15, -0.1) is 0 Å². The van der Waals surface area contributed by atoms with Crippen molar-refractivity contribution in [2.75, 3.05) is 11.9 Å². The summed E-state index contributed by atoms with van der Waals surface area (Å²) in [5.41, 5.74) is 2.54. The molecular weight excluding hydrogens is 404 g/mol. The van der Waals surface area contributed by atoms with E-state index >= 15 is 0 Å². The number of aromatic nitrogens is 2. The molecule has 1 fully saturated rings. The van der Waals surface area contributed by atoms with Crippen LogP contribution in [0, 0.1) is 17.8 Å². The minimum atomic E-state index is -0.387. The van der Waals surface area contributed by atoms with E-state index in [9.17, 15) is 9.59 Å². The van der Waals surface area contributed by atoms with Crippen molar-refractivity contribution in [2.24, 2.45) is 17.8 Å². The zero-order valence-electron chi connectivity index (χ0n) is 18.3. The predicted octanol–water partition coefficient (Wildman–Crippen LogP) is 4.87. The fraction of sp³-hybridized carbons (Fsp3) is 0.400. The number of carbonyl (C=O) groups is 2. The molecular formula is C25H30N4O3. The first-order valence-electron chi connectivity index (χ1n) is 11.3. The molecule has 7 heteroatoms. The lowest BCUT2D eigenvalue weighted by Gasteiger charge is -2.31. The maximum absolute atomic E-state index is 12.8. The molecule has 0 aliphatic heterocycles. The summed E-state index contributed by atoms with van der Waals surface area (Å²) >= 11 is 0. The quantitative estimate of drug-likeness (QED) is 0.494. The summed E-state index contributed by atoms with van der Waals surface area (Å²) in [7, 11) is 0. The van der Waals surface area contributed by atoms with Gasteiger partial charge < -0.3 is 20.4 Å². The molecule has 0 bridgehead atoms. The number of fused-ring (bicyclic) bond motifs is 1. The molecule has 1 unspecified atom stereocenters. The van der Waals surface area contributed by atoms with Crippen LogP contribution in [0.15, 0.2) is 54.9 Å². The Kier molecular flexibility index (Phi) is 7.04. The van der Waals surface area contributed by atoms with Gasteiger partial charge in [0.15, 0.2) is 0 Å². The zero-order valence-corrected chi connectivity index (χ0v) is 18.3. The Hall–Kier alpha value is -3.35. The van der Waals surface area contributed by atoms with Gasteiger partial charge in [0, 0.05) is 30.2 Å². The number of anilines is 1. The number of H-pyrrole nitrogens is 1. The van der Waals surface area contributed by atoms with E-state index in [4.69, 9.17) is 4.74 Å². The lowest BCUT2D eigenvalue weighted by molar-refractivity contribution is -0.121. The van der Waals surface area contributed by atoms with Gasteiger partial charge >= 0.3 is 6.09 Å². The molecule has 7 nitrogen and oxygen atoms in total. The largest absolute Gasteiger partial charge is 0.445 e. The lowest BCUT2D eigenvalue weighted by atomic mass is 9.76. The smallest absolute Gasteiger partial charge is 0.407 e. The van der Waals surface area contributed by atoms with Crippen LogP contribution in [0.25, 0.3) is 11.0 Å². The Morgan fingerprint density at radius 2 is 1.91 bits per heavy atom. The topological polar surface area (TPSA) is 96.1 Å². The fourth-order valence-corrected chi connectivity index (χ4v) is 4.44. The second kappa shape index (κ2) is 10.3. The molecule has 32 heavy (non-hydrogen) atoms. The molecule has 4 rings (SSSR count). The van der Waals surface area contributed by atoms with Crippen LogP contribution in [0.5, 0.6) is 0 Å². The van der Waals surface area contributed by atoms with E-state index in [1.54, 1.807) is 6.20 Å². The molecule has 2 amide bonds. The number of rotatable bonds is 7. The molecule has 3 aromatic rings. The summed E-state index contributed by atoms with van der Waals surface area (Å²) in [6.45, 7) is 3.01. The average Bonchev–Trinajstić information content (AvgIpc) is 3.32. The predicted molar refractivity (Wildman–Crippen MR) is 124 cm³/mol. The van der Waals surface area contributed by atoms with Crippen molar-refractivity contribution in [3.05, 3.63) is 60.4 Å². The van der Waals surface area contributed by atoms with Crippen LogP contribution in [-0.4, -0.2) is 28.5 Å². The van der Waals surface area contributed by atoms with Crippen LogP contribution in [0.2, 0.25) is 0 Å². The molecule has 1 saturated carbocycles. The maximum Gasteiger partial charge on any atom is 0.407 e. The van der Waals surface area contributed by atoms with Crippen molar-refractivity contribution in [1.29, 1.82) is 0 Å². The van der Waals surface area contributed by atoms with Crippen LogP contribution in [0.1, 0.15) is 38.2 Å². The van der Waals surface area contributed by atoms with Gasteiger partial charge in [-0.2, -0.15) is 0 Å². The fourth-order valence-electron chi connectivity index (χ4n) is 4.44. The number of benzene rings is 1. The van der Waals surface area contributed by atoms with Crippen LogP contribution in [0.3, 0.4) is 0 Å². The van der Waals surface area contributed by atoms with Crippen molar-refractivity contribution in [2.45, 2.75) is 39.2 Å². The Morgan fingerprint density at radius 3 is 2.69 bits per heavy atom. The average molecular weight is 435 g/mol. The minimum Gasteiger partial charge on any atom is -0.445 e. The molecule has 0 saturated heterocycles. The highest BCUT2D eigenvalue weighted by Gasteiger charge is 2.29. The van der Waals surface area contributed by atoms with Crippen molar-refractivity contribution in [3.8, 4) is 0 Å². The lowest BCUT2D eigenvalue weighted by Crippen LogP contribution is -2.34. The number of carbonyl (C=O) groups excluding carboxylic acids is 2. The summed E-state index contributed by atoms with van der Waals surface area (Å²) < 4.78 is 5.29. The normalized spacial score (nSPS) is 19.3. The molecule has 2 aromatic heterocycles. The van der Waals surface area contributed by atoms with E-state index in [0.29, 0.717) is 18.4 Å². The minimum absolute atomic E-state index is 0.0180. The van der Waals surface area contributed by atoms with E-state index in [1.165, 1.54) is 0 Å². The number of hydrogen-bond acceptors (Lipinski definition) is 4. The summed E-state index contributed by atoms with van der Waals surface area (Å²) in [6, 6.07) is 13.4. The molecule has 2 heterocycles. The molecule has 1 aliphatic carbocycles. The number of aromatic amines is 1. The van der Waals surface area contributed by atoms with Crippen LogP contribution in [-0.2, 0) is 16.1 Å². The van der Waals surface area contributed by atoms with Crippen LogP contribution >= 0.6 is 0 Å². The van der Waals surface area contributed by atoms with Crippen LogP contribution < -0.4 is 10.6 Å². The number of pyridine rings is 1. The maximum atomic E-state index is 12.8. The van der Waals surface area contributed by atoms with E-state index in [2.05, 4.69) is 27.5 Å². The molecule has 0 spiro atoms. The number of ether oxygens (including phenoxy) is 1. The highest BCUT2D eigenvalue weighted by atomic mass is 16.5. The highest BCUT2D eigenvalue weighted by Crippen LogP contribution is 2.34. The molecule has 1 atom stereocenters. The molecule has 168 valence electrons. The van der Waals surface area contributed by atoms with Gasteiger partial charge in [0.25, 0.3) is 0 Å². The molecule has 0 radical (unpaired) electrons. The van der Waals surface area contributed by atoms with Crippen molar-refractivity contribution >= 4 is 28.7 Å². The summed E-state index contributed by atoms with van der Waals surface area (Å²) in [5, 5.41) is 6.89. The van der Waals surface area contributed by atoms with Gasteiger partial charge in [-0.3, -0.25) is 4.79 Å². The first-order valence-corrected chi connectivity index (χ1v) is 11.3. The number of hydrogen-bond donors (Lipinski definition) is 3. The van der Waals surface area contributed by atoms with Crippen molar-refractivity contribution < 1.29 is 14.3 Å². The highest BCUT2D eigenvalue weighted by molar-refractivity contribution is 6.00. The van der Waals surface area contributed by atoms with Gasteiger partial charge in [0.1, 0.15) is 12.3 Å². The van der Waals surface area contributed by atoms with Crippen molar-refractivity contribution in [1.82, 2.24) is 15.3 Å². The molecule has 1 aromatic carbocycles. The first kappa shape index (κ1) is 21.9. The Morgan fingerprint density at radius 1 is 1.12 bits per heavy atom. The van der Waals surface area contributed by atoms with Gasteiger partial charge in [-0.25, -0.2) is 9.78 Å². The molecule has 3 N–H and O–H groups in total. The summed E-state index contributed by atoms with van der Waals surface area (Å²) in [6.07, 6.45) is 6.82. The SMILES string of the molecule is CC(CNC(=O)OCc1ccccc1)C1CCC(C(=O)Nc2ccnc3[nH]ccc23)CC1. The third-order valence-electron chi connectivity index (χ3n) is 6.45.